The lowest BCUT2D eigenvalue weighted by atomic mass is 10.0. The summed E-state index contributed by atoms with van der Waals surface area (Å²) in [6.45, 7) is 1.47. The molecule has 3 aromatic heterocycles. The minimum Gasteiger partial charge on any atom is -0.381 e. The minimum atomic E-state index is -4.62. The summed E-state index contributed by atoms with van der Waals surface area (Å²) in [5.74, 6) is -0.425. The van der Waals surface area contributed by atoms with Crippen LogP contribution in [0.2, 0.25) is 0 Å². The van der Waals surface area contributed by atoms with Gasteiger partial charge in [0.2, 0.25) is 0 Å². The summed E-state index contributed by atoms with van der Waals surface area (Å²) in [5.41, 5.74) is 6.55. The van der Waals surface area contributed by atoms with Crippen molar-refractivity contribution in [2.45, 2.75) is 13.1 Å². The van der Waals surface area contributed by atoms with Crippen molar-refractivity contribution in [1.29, 1.82) is 0 Å². The first-order valence-corrected chi connectivity index (χ1v) is 8.19. The van der Waals surface area contributed by atoms with Crippen LogP contribution in [0, 0.1) is 12.7 Å². The van der Waals surface area contributed by atoms with Gasteiger partial charge in [0.15, 0.2) is 11.5 Å². The zero-order valence-electron chi connectivity index (χ0n) is 14.5. The minimum absolute atomic E-state index is 0.0786. The Morgan fingerprint density at radius 1 is 1.04 bits per heavy atom. The Kier molecular flexibility index (Phi) is 4.02. The number of rotatable bonds is 2. The molecule has 5 nitrogen and oxygen atoms in total. The van der Waals surface area contributed by atoms with Gasteiger partial charge >= 0.3 is 6.18 Å². The molecule has 0 spiro atoms. The third-order valence-corrected chi connectivity index (χ3v) is 4.18. The number of halogens is 4. The molecule has 2 N–H and O–H groups in total. The maximum atomic E-state index is 13.8. The lowest BCUT2D eigenvalue weighted by Gasteiger charge is -2.15. The van der Waals surface area contributed by atoms with Crippen LogP contribution in [0.15, 0.2) is 48.8 Å². The number of aromatic nitrogens is 4. The van der Waals surface area contributed by atoms with E-state index in [4.69, 9.17) is 5.73 Å². The van der Waals surface area contributed by atoms with Crippen molar-refractivity contribution in [3.8, 4) is 22.5 Å². The van der Waals surface area contributed by atoms with E-state index < -0.39 is 17.7 Å². The average molecular weight is 387 g/mol. The van der Waals surface area contributed by atoms with Crippen molar-refractivity contribution in [1.82, 2.24) is 19.4 Å². The molecule has 4 aromatic rings. The molecule has 0 bridgehead atoms. The molecule has 0 atom stereocenters. The Labute approximate surface area is 156 Å². The lowest BCUT2D eigenvalue weighted by Crippen LogP contribution is -2.10. The summed E-state index contributed by atoms with van der Waals surface area (Å²) in [6, 6.07) is 8.04. The van der Waals surface area contributed by atoms with Gasteiger partial charge in [-0.1, -0.05) is 12.1 Å². The van der Waals surface area contributed by atoms with E-state index >= 15 is 0 Å². The van der Waals surface area contributed by atoms with Crippen LogP contribution in [0.4, 0.5) is 23.4 Å². The molecule has 142 valence electrons. The molecule has 0 unspecified atom stereocenters. The molecule has 0 aliphatic heterocycles. The van der Waals surface area contributed by atoms with Gasteiger partial charge in [0.25, 0.3) is 0 Å². The number of nitrogens with zero attached hydrogens (tertiary/aromatic N) is 4. The first-order valence-electron chi connectivity index (χ1n) is 8.19. The number of fused-ring (bicyclic) bond motifs is 1. The van der Waals surface area contributed by atoms with Crippen LogP contribution in [0.1, 0.15) is 11.4 Å². The normalized spacial score (nSPS) is 11.9. The molecule has 0 fully saturated rings. The highest BCUT2D eigenvalue weighted by molar-refractivity contribution is 5.83. The highest BCUT2D eigenvalue weighted by Crippen LogP contribution is 2.36. The molecule has 3 heterocycles. The Bertz CT molecular complexity index is 1200. The van der Waals surface area contributed by atoms with Crippen LogP contribution in [0.3, 0.4) is 0 Å². The van der Waals surface area contributed by atoms with Gasteiger partial charge in [-0.15, -0.1) is 0 Å². The quantitative estimate of drug-likeness (QED) is 0.514. The summed E-state index contributed by atoms with van der Waals surface area (Å²) in [5, 5.41) is 0. The van der Waals surface area contributed by atoms with Crippen molar-refractivity contribution < 1.29 is 17.6 Å². The Hall–Kier alpha value is -3.49. The van der Waals surface area contributed by atoms with E-state index in [0.717, 1.165) is 6.07 Å². The molecule has 9 heteroatoms. The first-order chi connectivity index (χ1) is 13.2. The number of nitrogen functional groups attached to an aromatic ring is 1. The van der Waals surface area contributed by atoms with E-state index in [1.807, 2.05) is 0 Å². The number of hydrogen-bond donors (Lipinski definition) is 1. The van der Waals surface area contributed by atoms with Gasteiger partial charge in [0, 0.05) is 29.2 Å². The standard InChI is InChI=1S/C19H13F4N5/c1-10-7-12(9-14(26-10)19(21,22)23)16-15(11-3-2-4-13(20)8-11)27-17(24)18-25-5-6-28(16)18/h2-9H,1H3,(H2,24,27). The van der Waals surface area contributed by atoms with Crippen molar-refractivity contribution in [3.63, 3.8) is 0 Å². The highest BCUT2D eigenvalue weighted by Gasteiger charge is 2.33. The molecule has 4 rings (SSSR count). The molecule has 0 radical (unpaired) electrons. The lowest BCUT2D eigenvalue weighted by molar-refractivity contribution is -0.141. The molecular formula is C19H13F4N5. The third kappa shape index (κ3) is 3.04. The molecule has 0 saturated heterocycles. The van der Waals surface area contributed by atoms with Crippen LogP contribution < -0.4 is 5.73 Å². The van der Waals surface area contributed by atoms with Crippen LogP contribution >= 0.6 is 0 Å². The monoisotopic (exact) mass is 387 g/mol. The Balaban J connectivity index is 2.09. The van der Waals surface area contributed by atoms with Gasteiger partial charge in [-0.2, -0.15) is 13.2 Å². The number of nitrogens with two attached hydrogens (primary N) is 1. The predicted molar refractivity (Wildman–Crippen MR) is 95.8 cm³/mol. The van der Waals surface area contributed by atoms with Gasteiger partial charge in [-0.05, 0) is 31.2 Å². The van der Waals surface area contributed by atoms with E-state index in [0.29, 0.717) is 11.3 Å². The Morgan fingerprint density at radius 2 is 1.82 bits per heavy atom. The van der Waals surface area contributed by atoms with Crippen molar-refractivity contribution in [2.24, 2.45) is 0 Å². The maximum Gasteiger partial charge on any atom is 0.433 e. The molecular weight excluding hydrogens is 374 g/mol. The molecule has 0 aliphatic rings. The number of imidazole rings is 1. The Morgan fingerprint density at radius 3 is 2.54 bits per heavy atom. The molecule has 28 heavy (non-hydrogen) atoms. The molecule has 1 aromatic carbocycles. The van der Waals surface area contributed by atoms with E-state index in [9.17, 15) is 17.6 Å². The van der Waals surface area contributed by atoms with Crippen LogP contribution in [0.5, 0.6) is 0 Å². The zero-order valence-corrected chi connectivity index (χ0v) is 14.5. The van der Waals surface area contributed by atoms with E-state index in [1.54, 1.807) is 12.3 Å². The zero-order chi connectivity index (χ0) is 20.1. The number of alkyl halides is 3. The maximum absolute atomic E-state index is 13.8. The fourth-order valence-electron chi connectivity index (χ4n) is 3.07. The number of benzene rings is 1. The summed E-state index contributed by atoms with van der Waals surface area (Å²) < 4.78 is 55.2. The van der Waals surface area contributed by atoms with E-state index in [1.165, 1.54) is 41.8 Å². The third-order valence-electron chi connectivity index (χ3n) is 4.18. The van der Waals surface area contributed by atoms with Crippen molar-refractivity contribution in [3.05, 3.63) is 66.0 Å². The van der Waals surface area contributed by atoms with Crippen LogP contribution in [-0.4, -0.2) is 19.4 Å². The summed E-state index contributed by atoms with van der Waals surface area (Å²) in [7, 11) is 0. The average Bonchev–Trinajstić information content (AvgIpc) is 3.10. The topological polar surface area (TPSA) is 69.1 Å². The van der Waals surface area contributed by atoms with Crippen LogP contribution in [-0.2, 0) is 6.18 Å². The van der Waals surface area contributed by atoms with Crippen molar-refractivity contribution >= 4 is 11.5 Å². The summed E-state index contributed by atoms with van der Waals surface area (Å²) in [4.78, 5) is 12.0. The smallest absolute Gasteiger partial charge is 0.381 e. The van der Waals surface area contributed by atoms with Gasteiger partial charge in [0.05, 0.1) is 11.4 Å². The van der Waals surface area contributed by atoms with Gasteiger partial charge in [-0.3, -0.25) is 4.40 Å². The number of hydrogen-bond acceptors (Lipinski definition) is 4. The van der Waals surface area contributed by atoms with E-state index in [-0.39, 0.29) is 28.4 Å². The van der Waals surface area contributed by atoms with Gasteiger partial charge in [0.1, 0.15) is 11.5 Å². The first kappa shape index (κ1) is 17.9. The number of anilines is 1. The molecule has 0 aliphatic carbocycles. The second kappa shape index (κ2) is 6.29. The summed E-state index contributed by atoms with van der Waals surface area (Å²) in [6.07, 6.45) is -1.59. The second-order valence-electron chi connectivity index (χ2n) is 6.21. The van der Waals surface area contributed by atoms with Gasteiger partial charge < -0.3 is 5.73 Å². The second-order valence-corrected chi connectivity index (χ2v) is 6.21. The largest absolute Gasteiger partial charge is 0.433 e. The fraction of sp³-hybridized carbons (Fsp3) is 0.105. The molecule has 0 saturated carbocycles. The highest BCUT2D eigenvalue weighted by atomic mass is 19.4. The van der Waals surface area contributed by atoms with Gasteiger partial charge in [-0.25, -0.2) is 19.3 Å². The SMILES string of the molecule is Cc1cc(-c2c(-c3cccc(F)c3)nc(N)c3nccn23)cc(C(F)(F)F)n1. The predicted octanol–water partition coefficient (Wildman–Crippen LogP) is 4.51. The number of aryl methyl sites for hydroxylation is 1. The van der Waals surface area contributed by atoms with Crippen LogP contribution in [0.25, 0.3) is 28.2 Å². The number of pyridine rings is 1. The van der Waals surface area contributed by atoms with Crippen molar-refractivity contribution in [2.75, 3.05) is 5.73 Å². The summed E-state index contributed by atoms with van der Waals surface area (Å²) >= 11 is 0. The van der Waals surface area contributed by atoms with E-state index in [2.05, 4.69) is 15.0 Å². The fourth-order valence-corrected chi connectivity index (χ4v) is 3.07. The molecule has 0 amide bonds.